The molecule has 0 radical (unpaired) electrons. The van der Waals surface area contributed by atoms with Gasteiger partial charge in [0.2, 0.25) is 15.9 Å². The van der Waals surface area contributed by atoms with Gasteiger partial charge in [0.15, 0.2) is 0 Å². The Hall–Kier alpha value is -2.45. The molecule has 0 aliphatic heterocycles. The summed E-state index contributed by atoms with van der Waals surface area (Å²) in [4.78, 5) is 17.0. The number of nitrogens with zero attached hydrogens (tertiary/aromatic N) is 2. The Morgan fingerprint density at radius 1 is 1.18 bits per heavy atom. The van der Waals surface area contributed by atoms with E-state index in [1.165, 1.54) is 16.4 Å². The smallest absolute Gasteiger partial charge is 0.251 e. The molecule has 8 heteroatoms. The maximum absolute atomic E-state index is 12.7. The summed E-state index contributed by atoms with van der Waals surface area (Å²) in [5.41, 5.74) is 1.78. The van der Waals surface area contributed by atoms with Crippen molar-refractivity contribution in [1.82, 2.24) is 14.6 Å². The summed E-state index contributed by atoms with van der Waals surface area (Å²) < 4.78 is 32.3. The van der Waals surface area contributed by atoms with Crippen LogP contribution in [-0.2, 0) is 16.6 Å². The molecular formula is C20H27N3O4S. The Kier molecular flexibility index (Phi) is 7.53. The summed E-state index contributed by atoms with van der Waals surface area (Å²) in [5.74, 6) is 0.125. The van der Waals surface area contributed by atoms with Crippen molar-refractivity contribution >= 4 is 15.9 Å². The van der Waals surface area contributed by atoms with E-state index in [1.54, 1.807) is 39.1 Å². The van der Waals surface area contributed by atoms with E-state index in [2.05, 4.69) is 10.3 Å². The molecular weight excluding hydrogens is 378 g/mol. The minimum absolute atomic E-state index is 0.114. The first-order valence-corrected chi connectivity index (χ1v) is 10.7. The predicted octanol–water partition coefficient (Wildman–Crippen LogP) is 2.75. The molecule has 1 N–H and O–H groups in total. The molecule has 0 fully saturated rings. The van der Waals surface area contributed by atoms with Gasteiger partial charge in [-0.2, -0.15) is 4.31 Å². The lowest BCUT2D eigenvalue weighted by molar-refractivity contribution is 0.0949. The molecule has 0 saturated carbocycles. The number of rotatable bonds is 9. The molecule has 0 aliphatic rings. The molecule has 1 heterocycles. The molecule has 1 aromatic carbocycles. The van der Waals surface area contributed by atoms with E-state index < -0.39 is 10.0 Å². The topological polar surface area (TPSA) is 88.6 Å². The lowest BCUT2D eigenvalue weighted by Gasteiger charge is -2.19. The van der Waals surface area contributed by atoms with Crippen LogP contribution in [0.3, 0.4) is 0 Å². The van der Waals surface area contributed by atoms with Crippen molar-refractivity contribution in [2.75, 3.05) is 19.7 Å². The van der Waals surface area contributed by atoms with Gasteiger partial charge in [-0.05, 0) is 37.6 Å². The van der Waals surface area contributed by atoms with Crippen LogP contribution in [0.15, 0.2) is 41.4 Å². The number of sulfonamides is 1. The van der Waals surface area contributed by atoms with Gasteiger partial charge in [-0.3, -0.25) is 4.79 Å². The number of carbonyl (C=O) groups is 1. The van der Waals surface area contributed by atoms with Crippen molar-refractivity contribution in [2.24, 2.45) is 0 Å². The number of hydrogen-bond acceptors (Lipinski definition) is 5. The van der Waals surface area contributed by atoms with Gasteiger partial charge in [0.25, 0.3) is 5.91 Å². The zero-order chi connectivity index (χ0) is 20.7. The van der Waals surface area contributed by atoms with Gasteiger partial charge >= 0.3 is 0 Å². The first-order valence-electron chi connectivity index (χ1n) is 9.30. The number of hydrogen-bond donors (Lipinski definition) is 1. The molecule has 0 aliphatic carbocycles. The molecule has 7 nitrogen and oxygen atoms in total. The summed E-state index contributed by atoms with van der Waals surface area (Å²) in [6, 6.07) is 8.22. The SMILES string of the molecule is CCOc1ncccc1CNC(=O)c1cc(S(=O)(=O)N(CC)CC)ccc1C. The van der Waals surface area contributed by atoms with Crippen LogP contribution in [0.2, 0.25) is 0 Å². The third kappa shape index (κ3) is 4.88. The fourth-order valence-corrected chi connectivity index (χ4v) is 4.30. The van der Waals surface area contributed by atoms with Crippen molar-refractivity contribution in [2.45, 2.75) is 39.1 Å². The van der Waals surface area contributed by atoms with Gasteiger partial charge in [-0.1, -0.05) is 26.0 Å². The highest BCUT2D eigenvalue weighted by Crippen LogP contribution is 2.20. The maximum atomic E-state index is 12.7. The van der Waals surface area contributed by atoms with Crippen molar-refractivity contribution in [3.63, 3.8) is 0 Å². The molecule has 2 rings (SSSR count). The van der Waals surface area contributed by atoms with Crippen molar-refractivity contribution in [3.8, 4) is 5.88 Å². The zero-order valence-corrected chi connectivity index (χ0v) is 17.5. The molecule has 0 saturated heterocycles. The number of nitrogens with one attached hydrogen (secondary N) is 1. The van der Waals surface area contributed by atoms with Crippen molar-refractivity contribution in [1.29, 1.82) is 0 Å². The van der Waals surface area contributed by atoms with E-state index in [-0.39, 0.29) is 17.3 Å². The molecule has 0 unspecified atom stereocenters. The number of pyridine rings is 1. The van der Waals surface area contributed by atoms with E-state index in [0.29, 0.717) is 36.7 Å². The number of ether oxygens (including phenoxy) is 1. The largest absolute Gasteiger partial charge is 0.478 e. The highest BCUT2D eigenvalue weighted by molar-refractivity contribution is 7.89. The van der Waals surface area contributed by atoms with Crippen LogP contribution < -0.4 is 10.1 Å². The summed E-state index contributed by atoms with van der Waals surface area (Å²) in [6.45, 7) is 8.65. The van der Waals surface area contributed by atoms with Gasteiger partial charge in [0, 0.05) is 37.0 Å². The molecule has 0 atom stereocenters. The van der Waals surface area contributed by atoms with Crippen LogP contribution in [0.5, 0.6) is 5.88 Å². The minimum atomic E-state index is -3.63. The number of benzene rings is 1. The van der Waals surface area contributed by atoms with Gasteiger partial charge in [-0.25, -0.2) is 13.4 Å². The third-order valence-electron chi connectivity index (χ3n) is 4.37. The molecule has 152 valence electrons. The van der Waals surface area contributed by atoms with Gasteiger partial charge in [0.05, 0.1) is 11.5 Å². The Morgan fingerprint density at radius 3 is 2.54 bits per heavy atom. The van der Waals surface area contributed by atoms with E-state index in [4.69, 9.17) is 4.74 Å². The van der Waals surface area contributed by atoms with Crippen LogP contribution in [0, 0.1) is 6.92 Å². The van der Waals surface area contributed by atoms with Crippen molar-refractivity contribution in [3.05, 3.63) is 53.2 Å². The molecule has 28 heavy (non-hydrogen) atoms. The number of carbonyl (C=O) groups excluding carboxylic acids is 1. The maximum Gasteiger partial charge on any atom is 0.251 e. The fraction of sp³-hybridized carbons (Fsp3) is 0.400. The van der Waals surface area contributed by atoms with E-state index in [1.807, 2.05) is 13.0 Å². The summed E-state index contributed by atoms with van der Waals surface area (Å²) in [5, 5.41) is 2.82. The highest BCUT2D eigenvalue weighted by Gasteiger charge is 2.23. The quantitative estimate of drug-likeness (QED) is 0.693. The monoisotopic (exact) mass is 405 g/mol. The Bertz CT molecular complexity index is 925. The van der Waals surface area contributed by atoms with E-state index >= 15 is 0 Å². The van der Waals surface area contributed by atoms with Crippen LogP contribution in [0.1, 0.15) is 42.3 Å². The van der Waals surface area contributed by atoms with Crippen LogP contribution >= 0.6 is 0 Å². The second-order valence-corrected chi connectivity index (χ2v) is 8.09. The number of amides is 1. The Balaban J connectivity index is 2.25. The summed E-state index contributed by atoms with van der Waals surface area (Å²) in [6.07, 6.45) is 1.63. The van der Waals surface area contributed by atoms with Crippen molar-refractivity contribution < 1.29 is 17.9 Å². The first-order chi connectivity index (χ1) is 13.3. The zero-order valence-electron chi connectivity index (χ0n) is 16.7. The summed E-state index contributed by atoms with van der Waals surface area (Å²) >= 11 is 0. The van der Waals surface area contributed by atoms with E-state index in [9.17, 15) is 13.2 Å². The fourth-order valence-electron chi connectivity index (χ4n) is 2.81. The van der Waals surface area contributed by atoms with E-state index in [0.717, 1.165) is 5.56 Å². The normalized spacial score (nSPS) is 11.5. The summed E-state index contributed by atoms with van der Waals surface area (Å²) in [7, 11) is -3.63. The third-order valence-corrected chi connectivity index (χ3v) is 6.41. The first kappa shape index (κ1) is 21.8. The lowest BCUT2D eigenvalue weighted by Crippen LogP contribution is -2.31. The minimum Gasteiger partial charge on any atom is -0.478 e. The molecule has 1 amide bonds. The number of aromatic nitrogens is 1. The van der Waals surface area contributed by atoms with Gasteiger partial charge in [0.1, 0.15) is 0 Å². The molecule has 0 spiro atoms. The van der Waals surface area contributed by atoms with Crippen LogP contribution in [0.25, 0.3) is 0 Å². The molecule has 0 bridgehead atoms. The standard InChI is InChI=1S/C20H27N3O4S/c1-5-23(6-2)28(25,26)17-11-10-15(4)18(13-17)19(24)22-14-16-9-8-12-21-20(16)27-7-3/h8-13H,5-7,14H2,1-4H3,(H,22,24). The average Bonchev–Trinajstić information content (AvgIpc) is 2.68. The van der Waals surface area contributed by atoms with Crippen LogP contribution in [0.4, 0.5) is 0 Å². The Morgan fingerprint density at radius 2 is 1.89 bits per heavy atom. The molecule has 2 aromatic rings. The number of aryl methyl sites for hydroxylation is 1. The second kappa shape index (κ2) is 9.66. The van der Waals surface area contributed by atoms with Crippen LogP contribution in [-0.4, -0.2) is 43.3 Å². The highest BCUT2D eigenvalue weighted by atomic mass is 32.2. The van der Waals surface area contributed by atoms with Gasteiger partial charge in [-0.15, -0.1) is 0 Å². The predicted molar refractivity (Wildman–Crippen MR) is 108 cm³/mol. The lowest BCUT2D eigenvalue weighted by atomic mass is 10.1. The average molecular weight is 406 g/mol. The second-order valence-electron chi connectivity index (χ2n) is 6.15. The Labute approximate surface area is 166 Å². The molecule has 1 aromatic heterocycles. The van der Waals surface area contributed by atoms with Gasteiger partial charge < -0.3 is 10.1 Å².